The summed E-state index contributed by atoms with van der Waals surface area (Å²) in [5.74, 6) is -0.631. The fourth-order valence-corrected chi connectivity index (χ4v) is 2.72. The lowest BCUT2D eigenvalue weighted by Crippen LogP contribution is -2.12. The van der Waals surface area contributed by atoms with E-state index in [2.05, 4.69) is 0 Å². The summed E-state index contributed by atoms with van der Waals surface area (Å²) in [6, 6.07) is 12.2. The van der Waals surface area contributed by atoms with E-state index in [9.17, 15) is 18.0 Å². The van der Waals surface area contributed by atoms with Crippen LogP contribution in [0, 0.1) is 0 Å². The van der Waals surface area contributed by atoms with E-state index in [-0.39, 0.29) is 5.76 Å². The van der Waals surface area contributed by atoms with Crippen molar-refractivity contribution in [3.8, 4) is 0 Å². The predicted molar refractivity (Wildman–Crippen MR) is 83.6 cm³/mol. The van der Waals surface area contributed by atoms with Crippen LogP contribution >= 0.6 is 0 Å². The Balaban J connectivity index is 1.91. The Morgan fingerprint density at radius 3 is 2.50 bits per heavy atom. The highest BCUT2D eigenvalue weighted by Gasteiger charge is 2.30. The Hall–Kier alpha value is -2.76. The maximum absolute atomic E-state index is 12.8. The molecule has 0 aliphatic carbocycles. The molecule has 0 atom stereocenters. The van der Waals surface area contributed by atoms with Gasteiger partial charge in [-0.05, 0) is 30.5 Å². The Kier molecular flexibility index (Phi) is 4.05. The van der Waals surface area contributed by atoms with Gasteiger partial charge in [-0.25, -0.2) is 0 Å². The lowest BCUT2D eigenvalue weighted by molar-refractivity contribution is -0.137. The van der Waals surface area contributed by atoms with Crippen molar-refractivity contribution in [1.29, 1.82) is 0 Å². The van der Waals surface area contributed by atoms with Crippen molar-refractivity contribution in [2.24, 2.45) is 5.73 Å². The van der Waals surface area contributed by atoms with E-state index in [1.54, 1.807) is 30.3 Å². The molecular formula is C18H14F3NO2. The highest BCUT2D eigenvalue weighted by molar-refractivity contribution is 5.98. The molecule has 0 aliphatic rings. The van der Waals surface area contributed by atoms with Gasteiger partial charge in [-0.3, -0.25) is 4.79 Å². The average molecular weight is 333 g/mol. The minimum atomic E-state index is -4.38. The standard InChI is InChI=1S/C18H14F3NO2/c19-18(20,21)12-5-3-4-11(10-12)8-9-14-13-6-1-2-7-15(13)24-16(14)17(22)23/h1-7,10H,8-9H2,(H2,22,23). The van der Waals surface area contributed by atoms with E-state index in [0.29, 0.717) is 29.6 Å². The van der Waals surface area contributed by atoms with Crippen molar-refractivity contribution >= 4 is 16.9 Å². The fraction of sp³-hybridized carbons (Fsp3) is 0.167. The molecule has 3 aromatic rings. The molecule has 1 aromatic heterocycles. The number of furan rings is 1. The minimum Gasteiger partial charge on any atom is -0.451 e. The van der Waals surface area contributed by atoms with Crippen molar-refractivity contribution in [1.82, 2.24) is 0 Å². The third kappa shape index (κ3) is 3.13. The Bertz CT molecular complexity index is 897. The van der Waals surface area contributed by atoms with Crippen molar-refractivity contribution in [3.63, 3.8) is 0 Å². The molecule has 1 heterocycles. The molecule has 0 radical (unpaired) electrons. The third-order valence-electron chi connectivity index (χ3n) is 3.84. The number of alkyl halides is 3. The topological polar surface area (TPSA) is 56.2 Å². The van der Waals surface area contributed by atoms with Gasteiger partial charge < -0.3 is 10.2 Å². The molecule has 3 rings (SSSR count). The Labute approximate surface area is 135 Å². The van der Waals surface area contributed by atoms with Crippen LogP contribution < -0.4 is 5.73 Å². The van der Waals surface area contributed by atoms with Crippen LogP contribution in [0.5, 0.6) is 0 Å². The van der Waals surface area contributed by atoms with Crippen LogP contribution in [0.25, 0.3) is 11.0 Å². The van der Waals surface area contributed by atoms with Crippen molar-refractivity contribution in [2.45, 2.75) is 19.0 Å². The van der Waals surface area contributed by atoms with Gasteiger partial charge in [-0.2, -0.15) is 13.2 Å². The van der Waals surface area contributed by atoms with Crippen LogP contribution in [0.2, 0.25) is 0 Å². The number of carbonyl (C=O) groups is 1. The van der Waals surface area contributed by atoms with Gasteiger partial charge >= 0.3 is 6.18 Å². The molecule has 0 aliphatic heterocycles. The van der Waals surface area contributed by atoms with Gasteiger partial charge in [-0.1, -0.05) is 36.4 Å². The zero-order valence-electron chi connectivity index (χ0n) is 12.6. The number of para-hydroxylation sites is 1. The molecule has 2 aromatic carbocycles. The number of amides is 1. The number of nitrogens with two attached hydrogens (primary N) is 1. The first kappa shape index (κ1) is 16.1. The summed E-state index contributed by atoms with van der Waals surface area (Å²) in [6.45, 7) is 0. The largest absolute Gasteiger partial charge is 0.451 e. The Morgan fingerprint density at radius 2 is 1.79 bits per heavy atom. The molecule has 2 N–H and O–H groups in total. The maximum Gasteiger partial charge on any atom is 0.416 e. The molecule has 0 fully saturated rings. The van der Waals surface area contributed by atoms with Crippen LogP contribution in [0.3, 0.4) is 0 Å². The number of hydrogen-bond acceptors (Lipinski definition) is 2. The van der Waals surface area contributed by atoms with E-state index in [1.807, 2.05) is 0 Å². The minimum absolute atomic E-state index is 0.0585. The maximum atomic E-state index is 12.8. The molecule has 0 unspecified atom stereocenters. The number of aryl methyl sites for hydroxylation is 2. The number of carbonyl (C=O) groups excluding carboxylic acids is 1. The quantitative estimate of drug-likeness (QED) is 0.772. The summed E-state index contributed by atoms with van der Waals surface area (Å²) in [6.07, 6.45) is -3.68. The first-order chi connectivity index (χ1) is 11.4. The Morgan fingerprint density at radius 1 is 1.04 bits per heavy atom. The van der Waals surface area contributed by atoms with Crippen LogP contribution in [0.1, 0.15) is 27.2 Å². The van der Waals surface area contributed by atoms with Gasteiger partial charge in [0, 0.05) is 10.9 Å². The van der Waals surface area contributed by atoms with Crippen LogP contribution in [-0.2, 0) is 19.0 Å². The zero-order chi connectivity index (χ0) is 17.3. The lowest BCUT2D eigenvalue weighted by atomic mass is 10.00. The summed E-state index contributed by atoms with van der Waals surface area (Å²) < 4.78 is 43.8. The normalized spacial score (nSPS) is 11.8. The molecule has 124 valence electrons. The lowest BCUT2D eigenvalue weighted by Gasteiger charge is -2.08. The molecule has 1 amide bonds. The van der Waals surface area contributed by atoms with Crippen molar-refractivity contribution in [3.05, 3.63) is 71.0 Å². The molecular weight excluding hydrogens is 319 g/mol. The second-order valence-electron chi connectivity index (χ2n) is 5.47. The van der Waals surface area contributed by atoms with Gasteiger partial charge in [0.05, 0.1) is 5.56 Å². The summed E-state index contributed by atoms with van der Waals surface area (Å²) in [5.41, 5.74) is 6.35. The molecule has 6 heteroatoms. The number of primary amides is 1. The van der Waals surface area contributed by atoms with Crippen LogP contribution in [0.15, 0.2) is 52.9 Å². The van der Waals surface area contributed by atoms with Crippen LogP contribution in [0.4, 0.5) is 13.2 Å². The van der Waals surface area contributed by atoms with Crippen LogP contribution in [-0.4, -0.2) is 5.91 Å². The first-order valence-corrected chi connectivity index (χ1v) is 7.32. The van der Waals surface area contributed by atoms with E-state index in [1.165, 1.54) is 6.07 Å². The summed E-state index contributed by atoms with van der Waals surface area (Å²) >= 11 is 0. The van der Waals surface area contributed by atoms with Gasteiger partial charge in [0.1, 0.15) is 5.58 Å². The molecule has 0 spiro atoms. The van der Waals surface area contributed by atoms with E-state index in [0.717, 1.165) is 17.5 Å². The van der Waals surface area contributed by atoms with E-state index in [4.69, 9.17) is 10.2 Å². The number of benzene rings is 2. The second-order valence-corrected chi connectivity index (χ2v) is 5.47. The molecule has 0 saturated carbocycles. The van der Waals surface area contributed by atoms with Gasteiger partial charge in [0.2, 0.25) is 0 Å². The zero-order valence-corrected chi connectivity index (χ0v) is 12.6. The second kappa shape index (κ2) is 6.03. The number of hydrogen-bond donors (Lipinski definition) is 1. The SMILES string of the molecule is NC(=O)c1oc2ccccc2c1CCc1cccc(C(F)(F)F)c1. The predicted octanol–water partition coefficient (Wildman–Crippen LogP) is 4.34. The average Bonchev–Trinajstić information content (AvgIpc) is 2.91. The van der Waals surface area contributed by atoms with Gasteiger partial charge in [0.25, 0.3) is 5.91 Å². The van der Waals surface area contributed by atoms with E-state index < -0.39 is 17.6 Å². The monoisotopic (exact) mass is 333 g/mol. The third-order valence-corrected chi connectivity index (χ3v) is 3.84. The number of rotatable bonds is 4. The molecule has 3 nitrogen and oxygen atoms in total. The number of halogens is 3. The molecule has 24 heavy (non-hydrogen) atoms. The molecule has 0 saturated heterocycles. The summed E-state index contributed by atoms with van der Waals surface area (Å²) in [4.78, 5) is 11.6. The summed E-state index contributed by atoms with van der Waals surface area (Å²) in [5, 5.41) is 0.748. The highest BCUT2D eigenvalue weighted by atomic mass is 19.4. The summed E-state index contributed by atoms with van der Waals surface area (Å²) in [7, 11) is 0. The smallest absolute Gasteiger partial charge is 0.416 e. The van der Waals surface area contributed by atoms with Gasteiger partial charge in [0.15, 0.2) is 5.76 Å². The first-order valence-electron chi connectivity index (χ1n) is 7.32. The van der Waals surface area contributed by atoms with E-state index >= 15 is 0 Å². The van der Waals surface area contributed by atoms with Crippen molar-refractivity contribution < 1.29 is 22.4 Å². The van der Waals surface area contributed by atoms with Crippen molar-refractivity contribution in [2.75, 3.05) is 0 Å². The van der Waals surface area contributed by atoms with Gasteiger partial charge in [-0.15, -0.1) is 0 Å². The fourth-order valence-electron chi connectivity index (χ4n) is 2.72. The number of fused-ring (bicyclic) bond motifs is 1. The molecule has 0 bridgehead atoms. The highest BCUT2D eigenvalue weighted by Crippen LogP contribution is 2.31.